The van der Waals surface area contributed by atoms with Crippen LogP contribution in [0.5, 0.6) is 5.75 Å². The van der Waals surface area contributed by atoms with Crippen molar-refractivity contribution in [3.05, 3.63) is 46.9 Å². The monoisotopic (exact) mass is 313 g/mol. The summed E-state index contributed by atoms with van der Waals surface area (Å²) >= 11 is 0. The van der Waals surface area contributed by atoms with E-state index in [2.05, 4.69) is 4.98 Å². The van der Waals surface area contributed by atoms with Crippen molar-refractivity contribution >= 4 is 5.78 Å². The molecule has 4 rings (SSSR count). The summed E-state index contributed by atoms with van der Waals surface area (Å²) in [4.78, 5) is 17.0. The maximum absolute atomic E-state index is 13.6. The second-order valence-corrected chi connectivity index (χ2v) is 6.97. The molecule has 1 aliphatic carbocycles. The van der Waals surface area contributed by atoms with Gasteiger partial charge in [-0.1, -0.05) is 13.8 Å². The van der Waals surface area contributed by atoms with Crippen molar-refractivity contribution in [2.75, 3.05) is 0 Å². The van der Waals surface area contributed by atoms with Crippen LogP contribution in [0.4, 0.5) is 4.39 Å². The molecule has 0 radical (unpaired) electrons. The molecule has 1 aromatic heterocycles. The molecule has 0 saturated carbocycles. The summed E-state index contributed by atoms with van der Waals surface area (Å²) < 4.78 is 19.0. The lowest BCUT2D eigenvalue weighted by molar-refractivity contribution is -0.0217. The van der Waals surface area contributed by atoms with Crippen LogP contribution in [0.25, 0.3) is 11.3 Å². The molecule has 0 bridgehead atoms. The highest BCUT2D eigenvalue weighted by Gasteiger charge is 2.35. The number of Topliss-reactive ketones (excluding diaryl/α,β-unsaturated/α-hetero) is 1. The number of hydrogen-bond acceptors (Lipinski definition) is 4. The van der Waals surface area contributed by atoms with Crippen LogP contribution in [0.15, 0.2) is 24.3 Å². The van der Waals surface area contributed by atoms with E-state index in [0.717, 1.165) is 0 Å². The standard InChI is InChI=1S/C18H16FNO3/c1-18(2)7-13-10(14(21)8-18)6-12-16(20-13)11-5-9(19)3-4-15(11)23-17(12)22/h3-6,17,22H,7-8H2,1-2H3. The van der Waals surface area contributed by atoms with Gasteiger partial charge in [0.25, 0.3) is 0 Å². The molecule has 2 heterocycles. The van der Waals surface area contributed by atoms with Gasteiger partial charge in [-0.25, -0.2) is 4.39 Å². The minimum atomic E-state index is -1.21. The summed E-state index contributed by atoms with van der Waals surface area (Å²) in [6.07, 6.45) is -0.0884. The highest BCUT2D eigenvalue weighted by Crippen LogP contribution is 2.43. The van der Waals surface area contributed by atoms with Gasteiger partial charge in [-0.15, -0.1) is 0 Å². The molecule has 1 unspecified atom stereocenters. The van der Waals surface area contributed by atoms with E-state index in [-0.39, 0.29) is 11.2 Å². The Hall–Kier alpha value is -2.27. The molecule has 0 fully saturated rings. The number of carbonyl (C=O) groups excluding carboxylic acids is 1. The Labute approximate surface area is 132 Å². The summed E-state index contributed by atoms with van der Waals surface area (Å²) in [6, 6.07) is 5.75. The second kappa shape index (κ2) is 4.61. The first-order valence-corrected chi connectivity index (χ1v) is 7.56. The number of carbonyl (C=O) groups is 1. The number of fused-ring (bicyclic) bond motifs is 4. The normalized spacial score (nSPS) is 21.0. The number of rotatable bonds is 0. The summed E-state index contributed by atoms with van der Waals surface area (Å²) in [6.45, 7) is 4.06. The third-order valence-electron chi connectivity index (χ3n) is 4.42. The molecule has 5 heteroatoms. The van der Waals surface area contributed by atoms with E-state index in [9.17, 15) is 14.3 Å². The SMILES string of the molecule is CC1(C)CC(=O)c2cc3c(nc2C1)-c1cc(F)ccc1OC3O. The van der Waals surface area contributed by atoms with E-state index in [1.54, 1.807) is 6.07 Å². The third kappa shape index (κ3) is 2.23. The molecule has 1 aliphatic heterocycles. The summed E-state index contributed by atoms with van der Waals surface area (Å²) in [7, 11) is 0. The molecular weight excluding hydrogens is 297 g/mol. The predicted molar refractivity (Wildman–Crippen MR) is 81.7 cm³/mol. The van der Waals surface area contributed by atoms with E-state index in [0.29, 0.717) is 46.7 Å². The maximum Gasteiger partial charge on any atom is 0.226 e. The van der Waals surface area contributed by atoms with Crippen molar-refractivity contribution in [3.63, 3.8) is 0 Å². The van der Waals surface area contributed by atoms with Crippen molar-refractivity contribution < 1.29 is 19.0 Å². The topological polar surface area (TPSA) is 59.4 Å². The van der Waals surface area contributed by atoms with Crippen molar-refractivity contribution in [3.8, 4) is 17.0 Å². The molecule has 2 aliphatic rings. The number of halogens is 1. The first kappa shape index (κ1) is 14.3. The molecule has 1 atom stereocenters. The van der Waals surface area contributed by atoms with Crippen LogP contribution < -0.4 is 4.74 Å². The van der Waals surface area contributed by atoms with Crippen LogP contribution in [-0.2, 0) is 6.42 Å². The molecule has 2 aromatic rings. The number of benzene rings is 1. The molecule has 1 N–H and O–H groups in total. The Morgan fingerprint density at radius 3 is 2.83 bits per heavy atom. The Bertz CT molecular complexity index is 844. The Morgan fingerprint density at radius 2 is 2.04 bits per heavy atom. The van der Waals surface area contributed by atoms with Crippen LogP contribution in [0.3, 0.4) is 0 Å². The molecule has 23 heavy (non-hydrogen) atoms. The lowest BCUT2D eigenvalue weighted by atomic mass is 9.75. The molecule has 0 spiro atoms. The number of pyridine rings is 1. The lowest BCUT2D eigenvalue weighted by Gasteiger charge is -2.32. The fourth-order valence-corrected chi connectivity index (χ4v) is 3.37. The van der Waals surface area contributed by atoms with Crippen LogP contribution in [0.2, 0.25) is 0 Å². The van der Waals surface area contributed by atoms with Gasteiger partial charge in [-0.2, -0.15) is 0 Å². The number of aromatic nitrogens is 1. The van der Waals surface area contributed by atoms with Gasteiger partial charge in [0.15, 0.2) is 5.78 Å². The number of ketones is 1. The van der Waals surface area contributed by atoms with E-state index in [1.807, 2.05) is 13.8 Å². The number of hydrogen-bond donors (Lipinski definition) is 1. The van der Waals surface area contributed by atoms with Gasteiger partial charge in [0.05, 0.1) is 11.4 Å². The summed E-state index contributed by atoms with van der Waals surface area (Å²) in [5, 5.41) is 10.2. The van der Waals surface area contributed by atoms with Crippen LogP contribution >= 0.6 is 0 Å². The fraction of sp³-hybridized carbons (Fsp3) is 0.333. The smallest absolute Gasteiger partial charge is 0.226 e. The van der Waals surface area contributed by atoms with Gasteiger partial charge in [0, 0.05) is 23.1 Å². The van der Waals surface area contributed by atoms with Gasteiger partial charge < -0.3 is 9.84 Å². The summed E-state index contributed by atoms with van der Waals surface area (Å²) in [5.74, 6) is 0.00894. The quantitative estimate of drug-likeness (QED) is 0.809. The van der Waals surface area contributed by atoms with Gasteiger partial charge in [0.2, 0.25) is 6.29 Å². The molecule has 1 aromatic carbocycles. The lowest BCUT2D eigenvalue weighted by Crippen LogP contribution is -2.29. The third-order valence-corrected chi connectivity index (χ3v) is 4.42. The van der Waals surface area contributed by atoms with Crippen molar-refractivity contribution in [2.24, 2.45) is 5.41 Å². The molecule has 0 amide bonds. The zero-order valence-corrected chi connectivity index (χ0v) is 12.9. The van der Waals surface area contributed by atoms with Gasteiger partial charge in [-0.05, 0) is 36.1 Å². The van der Waals surface area contributed by atoms with Gasteiger partial charge in [0.1, 0.15) is 11.6 Å². The largest absolute Gasteiger partial charge is 0.460 e. The number of ether oxygens (including phenoxy) is 1. The molecule has 118 valence electrons. The Balaban J connectivity index is 1.96. The van der Waals surface area contributed by atoms with E-state index in [4.69, 9.17) is 4.74 Å². The zero-order chi connectivity index (χ0) is 16.4. The molecular formula is C18H16FNO3. The van der Waals surface area contributed by atoms with Crippen molar-refractivity contribution in [1.82, 2.24) is 4.98 Å². The highest BCUT2D eigenvalue weighted by molar-refractivity contribution is 5.99. The maximum atomic E-state index is 13.6. The first-order chi connectivity index (χ1) is 10.8. The molecule has 0 saturated heterocycles. The van der Waals surface area contributed by atoms with E-state index in [1.165, 1.54) is 18.2 Å². The zero-order valence-electron chi connectivity index (χ0n) is 12.9. The minimum Gasteiger partial charge on any atom is -0.460 e. The minimum absolute atomic E-state index is 0.0174. The van der Waals surface area contributed by atoms with Gasteiger partial charge >= 0.3 is 0 Å². The Kier molecular flexibility index (Phi) is 2.87. The van der Waals surface area contributed by atoms with Crippen LogP contribution in [0, 0.1) is 11.2 Å². The van der Waals surface area contributed by atoms with E-state index >= 15 is 0 Å². The number of aliphatic hydroxyl groups is 1. The molecule has 4 nitrogen and oxygen atoms in total. The number of aliphatic hydroxyl groups excluding tert-OH is 1. The van der Waals surface area contributed by atoms with Gasteiger partial charge in [-0.3, -0.25) is 9.78 Å². The summed E-state index contributed by atoms with van der Waals surface area (Å²) in [5.41, 5.74) is 2.49. The Morgan fingerprint density at radius 1 is 1.26 bits per heavy atom. The average Bonchev–Trinajstić information content (AvgIpc) is 2.46. The van der Waals surface area contributed by atoms with Crippen LogP contribution in [0.1, 0.15) is 48.2 Å². The van der Waals surface area contributed by atoms with Crippen molar-refractivity contribution in [2.45, 2.75) is 33.0 Å². The number of nitrogens with zero attached hydrogens (tertiary/aromatic N) is 1. The van der Waals surface area contributed by atoms with Crippen molar-refractivity contribution in [1.29, 1.82) is 0 Å². The van der Waals surface area contributed by atoms with E-state index < -0.39 is 12.1 Å². The predicted octanol–water partition coefficient (Wildman–Crippen LogP) is 3.43. The first-order valence-electron chi connectivity index (χ1n) is 7.56. The second-order valence-electron chi connectivity index (χ2n) is 6.97. The highest BCUT2D eigenvalue weighted by atomic mass is 19.1. The average molecular weight is 313 g/mol. The van der Waals surface area contributed by atoms with Crippen LogP contribution in [-0.4, -0.2) is 15.9 Å². The fourth-order valence-electron chi connectivity index (χ4n) is 3.37.